The topological polar surface area (TPSA) is 40.1 Å². The number of carboxylic acid groups (broad SMARTS) is 1. The van der Waals surface area contributed by atoms with Crippen LogP contribution in [0.3, 0.4) is 0 Å². The van der Waals surface area contributed by atoms with Gasteiger partial charge in [0.25, 0.3) is 0 Å². The summed E-state index contributed by atoms with van der Waals surface area (Å²) in [4.78, 5) is 10.6. The van der Waals surface area contributed by atoms with E-state index in [0.29, 0.717) is 0 Å². The fraction of sp³-hybridized carbons (Fsp3) is 0.900. The van der Waals surface area contributed by atoms with Gasteiger partial charge < -0.3 is 9.90 Å². The Hall–Kier alpha value is 0.210. The van der Waals surface area contributed by atoms with Crippen LogP contribution in [0.5, 0.6) is 0 Å². The van der Waals surface area contributed by atoms with Crippen LogP contribution < -0.4 is 5.11 Å². The standard InChI is InChI=1S/C10H20O2.Ag/c1-3-5-6-8-9(7-4-2)10(11)12;/h9H,3-8H2,1-2H3,(H,11,12);/q;+1/p-1. The average molecular weight is 279 g/mol. The number of carbonyl (C=O) groups excluding carboxylic acids is 1. The first kappa shape index (κ1) is 15.7. The zero-order chi connectivity index (χ0) is 9.40. The third kappa shape index (κ3) is 8.54. The van der Waals surface area contributed by atoms with Crippen molar-refractivity contribution >= 4 is 5.97 Å². The van der Waals surface area contributed by atoms with Gasteiger partial charge in [-0.2, -0.15) is 0 Å². The van der Waals surface area contributed by atoms with Gasteiger partial charge in [0, 0.05) is 5.97 Å². The molecule has 0 N–H and O–H groups in total. The summed E-state index contributed by atoms with van der Waals surface area (Å²) in [5, 5.41) is 10.6. The van der Waals surface area contributed by atoms with Gasteiger partial charge >= 0.3 is 22.4 Å². The fourth-order valence-corrected chi connectivity index (χ4v) is 1.37. The third-order valence-corrected chi connectivity index (χ3v) is 2.13. The van der Waals surface area contributed by atoms with E-state index in [2.05, 4.69) is 6.92 Å². The van der Waals surface area contributed by atoms with Crippen molar-refractivity contribution < 1.29 is 32.3 Å². The van der Waals surface area contributed by atoms with Crippen LogP contribution in [-0.4, -0.2) is 5.97 Å². The molecule has 3 heteroatoms. The van der Waals surface area contributed by atoms with Crippen LogP contribution in [0.2, 0.25) is 0 Å². The Bertz CT molecular complexity index is 126. The van der Waals surface area contributed by atoms with E-state index in [9.17, 15) is 9.90 Å². The molecule has 0 aliphatic rings. The second kappa shape index (κ2) is 10.3. The van der Waals surface area contributed by atoms with Gasteiger partial charge in [-0.15, -0.1) is 0 Å². The van der Waals surface area contributed by atoms with Crippen LogP contribution >= 0.6 is 0 Å². The Morgan fingerprint density at radius 2 is 1.77 bits per heavy atom. The zero-order valence-electron chi connectivity index (χ0n) is 8.44. The van der Waals surface area contributed by atoms with Crippen LogP contribution in [0.15, 0.2) is 0 Å². The average Bonchev–Trinajstić information content (AvgIpc) is 2.03. The van der Waals surface area contributed by atoms with Crippen LogP contribution in [0.1, 0.15) is 52.4 Å². The Morgan fingerprint density at radius 1 is 1.15 bits per heavy atom. The maximum absolute atomic E-state index is 10.6. The smallest absolute Gasteiger partial charge is 0.550 e. The second-order valence-corrected chi connectivity index (χ2v) is 3.30. The minimum atomic E-state index is -0.868. The van der Waals surface area contributed by atoms with E-state index in [-0.39, 0.29) is 28.3 Å². The maximum atomic E-state index is 10.6. The molecule has 0 radical (unpaired) electrons. The molecular formula is C10H19AgO2. The van der Waals surface area contributed by atoms with Crippen molar-refractivity contribution in [2.75, 3.05) is 0 Å². The molecule has 0 amide bonds. The van der Waals surface area contributed by atoms with Crippen molar-refractivity contribution in [3.63, 3.8) is 0 Å². The number of carbonyl (C=O) groups is 1. The fourth-order valence-electron chi connectivity index (χ4n) is 1.37. The predicted molar refractivity (Wildman–Crippen MR) is 47.5 cm³/mol. The molecule has 0 aromatic rings. The number of rotatable bonds is 7. The van der Waals surface area contributed by atoms with E-state index >= 15 is 0 Å². The summed E-state index contributed by atoms with van der Waals surface area (Å²) in [6.45, 7) is 4.13. The van der Waals surface area contributed by atoms with Gasteiger partial charge in [-0.25, -0.2) is 0 Å². The SMILES string of the molecule is CCCCCC(CCC)C(=O)[O-].[Ag+]. The number of carboxylic acids is 1. The molecule has 1 unspecified atom stereocenters. The third-order valence-electron chi connectivity index (χ3n) is 2.13. The summed E-state index contributed by atoms with van der Waals surface area (Å²) in [5.74, 6) is -1.07. The van der Waals surface area contributed by atoms with Gasteiger partial charge in [0.1, 0.15) is 0 Å². The Balaban J connectivity index is 0. The molecule has 0 heterocycles. The molecule has 13 heavy (non-hydrogen) atoms. The van der Waals surface area contributed by atoms with Crippen molar-refractivity contribution in [2.45, 2.75) is 52.4 Å². The van der Waals surface area contributed by atoms with E-state index in [1.165, 1.54) is 0 Å². The summed E-state index contributed by atoms with van der Waals surface area (Å²) in [6, 6.07) is 0. The van der Waals surface area contributed by atoms with Crippen molar-refractivity contribution in [1.82, 2.24) is 0 Å². The molecular weight excluding hydrogens is 260 g/mol. The van der Waals surface area contributed by atoms with Crippen LogP contribution in [0, 0.1) is 5.92 Å². The molecule has 0 aromatic heterocycles. The summed E-state index contributed by atoms with van der Waals surface area (Å²) in [7, 11) is 0. The Labute approximate surface area is 96.6 Å². The molecule has 0 fully saturated rings. The normalized spacial score (nSPS) is 11.8. The van der Waals surface area contributed by atoms with Crippen molar-refractivity contribution in [3.05, 3.63) is 0 Å². The van der Waals surface area contributed by atoms with E-state index < -0.39 is 5.97 Å². The van der Waals surface area contributed by atoms with Gasteiger partial charge in [0.2, 0.25) is 0 Å². The molecule has 0 aliphatic carbocycles. The Morgan fingerprint density at radius 3 is 2.15 bits per heavy atom. The van der Waals surface area contributed by atoms with Crippen molar-refractivity contribution in [2.24, 2.45) is 5.92 Å². The van der Waals surface area contributed by atoms with Crippen molar-refractivity contribution in [1.29, 1.82) is 0 Å². The zero-order valence-corrected chi connectivity index (χ0v) is 9.92. The predicted octanol–water partition coefficient (Wildman–Crippen LogP) is 1.73. The summed E-state index contributed by atoms with van der Waals surface area (Å²) in [5.41, 5.74) is 0. The molecule has 1 atom stereocenters. The van der Waals surface area contributed by atoms with Crippen molar-refractivity contribution in [3.8, 4) is 0 Å². The summed E-state index contributed by atoms with van der Waals surface area (Å²) in [6.07, 6.45) is 5.80. The molecule has 0 saturated heterocycles. The number of hydrogen-bond donors (Lipinski definition) is 0. The molecule has 0 spiro atoms. The number of aliphatic carboxylic acids is 1. The van der Waals surface area contributed by atoms with E-state index in [4.69, 9.17) is 0 Å². The number of unbranched alkanes of at least 4 members (excludes halogenated alkanes) is 2. The first-order valence-electron chi connectivity index (χ1n) is 4.93. The first-order valence-corrected chi connectivity index (χ1v) is 4.93. The quantitative estimate of drug-likeness (QED) is 0.526. The molecule has 0 rings (SSSR count). The maximum Gasteiger partial charge on any atom is 1.00 e. The van der Waals surface area contributed by atoms with E-state index in [0.717, 1.165) is 38.5 Å². The Kier molecular flexibility index (Phi) is 12.4. The van der Waals surface area contributed by atoms with E-state index in [1.807, 2.05) is 6.92 Å². The second-order valence-electron chi connectivity index (χ2n) is 3.30. The van der Waals surface area contributed by atoms with Gasteiger partial charge in [-0.1, -0.05) is 39.5 Å². The van der Waals surface area contributed by atoms with Gasteiger partial charge in [-0.05, 0) is 18.8 Å². The molecule has 0 bridgehead atoms. The summed E-state index contributed by atoms with van der Waals surface area (Å²) >= 11 is 0. The van der Waals surface area contributed by atoms with Crippen LogP contribution in [0.25, 0.3) is 0 Å². The minimum absolute atomic E-state index is 0. The van der Waals surface area contributed by atoms with Gasteiger partial charge in [0.05, 0.1) is 0 Å². The largest absolute Gasteiger partial charge is 1.00 e. The molecule has 0 saturated carbocycles. The van der Waals surface area contributed by atoms with Gasteiger partial charge in [-0.3, -0.25) is 0 Å². The van der Waals surface area contributed by atoms with Crippen LogP contribution in [-0.2, 0) is 27.2 Å². The monoisotopic (exact) mass is 278 g/mol. The molecule has 0 aromatic carbocycles. The molecule has 2 nitrogen and oxygen atoms in total. The molecule has 0 aliphatic heterocycles. The number of hydrogen-bond acceptors (Lipinski definition) is 2. The van der Waals surface area contributed by atoms with Crippen LogP contribution in [0.4, 0.5) is 0 Å². The molecule has 82 valence electrons. The first-order chi connectivity index (χ1) is 5.72. The summed E-state index contributed by atoms with van der Waals surface area (Å²) < 4.78 is 0. The van der Waals surface area contributed by atoms with Gasteiger partial charge in [0.15, 0.2) is 0 Å². The van der Waals surface area contributed by atoms with E-state index in [1.54, 1.807) is 0 Å². The minimum Gasteiger partial charge on any atom is -0.550 e.